The van der Waals surface area contributed by atoms with Crippen molar-refractivity contribution in [2.24, 2.45) is 5.92 Å². The van der Waals surface area contributed by atoms with Gasteiger partial charge in [-0.2, -0.15) is 0 Å². The van der Waals surface area contributed by atoms with Gasteiger partial charge in [-0.25, -0.2) is 0 Å². The predicted molar refractivity (Wildman–Crippen MR) is 38.7 cm³/mol. The Kier molecular flexibility index (Phi) is 4.60. The summed E-state index contributed by atoms with van der Waals surface area (Å²) in [5.41, 5.74) is 0. The molecule has 2 atom stereocenters. The maximum Gasteiger partial charge on any atom is 0.103 e. The highest BCUT2D eigenvalue weighted by Gasteiger charge is 2.20. The SMILES string of the molecule is CO[C@H](C(C)C)[C@@H](O)CO. The van der Waals surface area contributed by atoms with Crippen molar-refractivity contribution in [1.82, 2.24) is 0 Å². The molecule has 0 aliphatic heterocycles. The van der Waals surface area contributed by atoms with Crippen LogP contribution >= 0.6 is 0 Å². The Bertz CT molecular complexity index is 82.9. The van der Waals surface area contributed by atoms with Crippen molar-refractivity contribution >= 4 is 0 Å². The van der Waals surface area contributed by atoms with Crippen LogP contribution in [0.3, 0.4) is 0 Å². The molecule has 0 saturated heterocycles. The summed E-state index contributed by atoms with van der Waals surface area (Å²) >= 11 is 0. The first-order valence-corrected chi connectivity index (χ1v) is 3.45. The lowest BCUT2D eigenvalue weighted by Crippen LogP contribution is -2.35. The van der Waals surface area contributed by atoms with Crippen LogP contribution in [0.1, 0.15) is 13.8 Å². The number of hydrogen-bond acceptors (Lipinski definition) is 3. The van der Waals surface area contributed by atoms with Crippen LogP contribution in [0.5, 0.6) is 0 Å². The van der Waals surface area contributed by atoms with Crippen molar-refractivity contribution in [3.05, 3.63) is 0 Å². The second kappa shape index (κ2) is 4.66. The summed E-state index contributed by atoms with van der Waals surface area (Å²) in [7, 11) is 1.53. The van der Waals surface area contributed by atoms with Gasteiger partial charge in [-0.1, -0.05) is 13.8 Å². The van der Waals surface area contributed by atoms with Crippen molar-refractivity contribution in [3.63, 3.8) is 0 Å². The van der Waals surface area contributed by atoms with E-state index in [9.17, 15) is 0 Å². The van der Waals surface area contributed by atoms with Crippen LogP contribution in [0.25, 0.3) is 0 Å². The standard InChI is InChI=1S/C7H16O3/c1-5(2)7(10-3)6(9)4-8/h5-9H,4H2,1-3H3/t6-,7+/m0/s1. The number of rotatable bonds is 4. The van der Waals surface area contributed by atoms with Crippen LogP contribution in [0.4, 0.5) is 0 Å². The van der Waals surface area contributed by atoms with Crippen LogP contribution in [0, 0.1) is 5.92 Å². The van der Waals surface area contributed by atoms with E-state index in [4.69, 9.17) is 14.9 Å². The lowest BCUT2D eigenvalue weighted by atomic mass is 10.0. The number of aliphatic hydroxyl groups excluding tert-OH is 2. The van der Waals surface area contributed by atoms with Crippen LogP contribution in [0.15, 0.2) is 0 Å². The summed E-state index contributed by atoms with van der Waals surface area (Å²) < 4.78 is 4.95. The number of aliphatic hydroxyl groups is 2. The summed E-state index contributed by atoms with van der Waals surface area (Å²) in [6.07, 6.45) is -1.02. The van der Waals surface area contributed by atoms with E-state index < -0.39 is 6.10 Å². The second-order valence-electron chi connectivity index (χ2n) is 2.69. The van der Waals surface area contributed by atoms with Crippen molar-refractivity contribution in [2.75, 3.05) is 13.7 Å². The molecule has 0 rings (SSSR count). The first kappa shape index (κ1) is 9.88. The van der Waals surface area contributed by atoms with Gasteiger partial charge in [0.2, 0.25) is 0 Å². The van der Waals surface area contributed by atoms with E-state index in [2.05, 4.69) is 0 Å². The average Bonchev–Trinajstić information content (AvgIpc) is 1.88. The number of methoxy groups -OCH3 is 1. The summed E-state index contributed by atoms with van der Waals surface area (Å²) in [5, 5.41) is 17.7. The Hall–Kier alpha value is -0.120. The third kappa shape index (κ3) is 2.64. The van der Waals surface area contributed by atoms with Gasteiger partial charge in [0.05, 0.1) is 12.7 Å². The molecule has 0 aliphatic carbocycles. The Balaban J connectivity index is 3.80. The molecule has 0 aromatic carbocycles. The molecular weight excluding hydrogens is 132 g/mol. The summed E-state index contributed by atoms with van der Waals surface area (Å²) in [6.45, 7) is 3.64. The fourth-order valence-corrected chi connectivity index (χ4v) is 0.977. The maximum absolute atomic E-state index is 9.11. The first-order valence-electron chi connectivity index (χ1n) is 3.45. The largest absolute Gasteiger partial charge is 0.394 e. The van der Waals surface area contributed by atoms with Crippen LogP contribution in [-0.4, -0.2) is 36.1 Å². The third-order valence-electron chi connectivity index (χ3n) is 1.50. The predicted octanol–water partition coefficient (Wildman–Crippen LogP) is 0.0106. The van der Waals surface area contributed by atoms with Crippen molar-refractivity contribution in [3.8, 4) is 0 Å². The highest BCUT2D eigenvalue weighted by molar-refractivity contribution is 4.70. The molecule has 10 heavy (non-hydrogen) atoms. The number of hydrogen-bond donors (Lipinski definition) is 2. The zero-order valence-electron chi connectivity index (χ0n) is 6.74. The van der Waals surface area contributed by atoms with Gasteiger partial charge in [0.15, 0.2) is 0 Å². The zero-order chi connectivity index (χ0) is 8.15. The molecule has 3 heteroatoms. The molecule has 62 valence electrons. The van der Waals surface area contributed by atoms with Gasteiger partial charge in [0, 0.05) is 7.11 Å². The quantitative estimate of drug-likeness (QED) is 0.590. The highest BCUT2D eigenvalue weighted by atomic mass is 16.5. The van der Waals surface area contributed by atoms with E-state index in [0.717, 1.165) is 0 Å². The minimum absolute atomic E-state index is 0.229. The smallest absolute Gasteiger partial charge is 0.103 e. The molecular formula is C7H16O3. The van der Waals surface area contributed by atoms with Gasteiger partial charge >= 0.3 is 0 Å². The Labute approximate surface area is 61.6 Å². The molecule has 0 saturated carbocycles. The lowest BCUT2D eigenvalue weighted by molar-refractivity contribution is -0.0589. The molecule has 0 fully saturated rings. The molecule has 2 N–H and O–H groups in total. The van der Waals surface area contributed by atoms with Crippen LogP contribution in [-0.2, 0) is 4.74 Å². The molecule has 0 spiro atoms. The molecule has 0 unspecified atom stereocenters. The van der Waals surface area contributed by atoms with Gasteiger partial charge in [-0.3, -0.25) is 0 Å². The summed E-state index contributed by atoms with van der Waals surface area (Å²) in [4.78, 5) is 0. The fourth-order valence-electron chi connectivity index (χ4n) is 0.977. The normalized spacial score (nSPS) is 17.4. The van der Waals surface area contributed by atoms with Gasteiger partial charge in [-0.05, 0) is 5.92 Å². The first-order chi connectivity index (χ1) is 4.63. The Morgan fingerprint density at radius 2 is 1.90 bits per heavy atom. The van der Waals surface area contributed by atoms with E-state index in [1.54, 1.807) is 0 Å². The minimum Gasteiger partial charge on any atom is -0.394 e. The second-order valence-corrected chi connectivity index (χ2v) is 2.69. The molecule has 0 aromatic rings. The number of ether oxygens (including phenoxy) is 1. The summed E-state index contributed by atoms with van der Waals surface area (Å²) in [5.74, 6) is 0.229. The zero-order valence-corrected chi connectivity index (χ0v) is 6.74. The Morgan fingerprint density at radius 3 is 2.00 bits per heavy atom. The topological polar surface area (TPSA) is 49.7 Å². The van der Waals surface area contributed by atoms with Gasteiger partial charge in [0.25, 0.3) is 0 Å². The summed E-state index contributed by atoms with van der Waals surface area (Å²) in [6, 6.07) is 0. The molecule has 0 aromatic heterocycles. The molecule has 3 nitrogen and oxygen atoms in total. The van der Waals surface area contributed by atoms with Gasteiger partial charge in [0.1, 0.15) is 6.10 Å². The monoisotopic (exact) mass is 148 g/mol. The van der Waals surface area contributed by atoms with Crippen LogP contribution in [0.2, 0.25) is 0 Å². The van der Waals surface area contributed by atoms with Crippen molar-refractivity contribution in [1.29, 1.82) is 0 Å². The molecule has 0 radical (unpaired) electrons. The van der Waals surface area contributed by atoms with Gasteiger partial charge < -0.3 is 14.9 Å². The molecule has 0 amide bonds. The fraction of sp³-hybridized carbons (Fsp3) is 1.00. The van der Waals surface area contributed by atoms with E-state index in [0.29, 0.717) is 0 Å². The lowest BCUT2D eigenvalue weighted by Gasteiger charge is -2.22. The van der Waals surface area contributed by atoms with E-state index in [-0.39, 0.29) is 18.6 Å². The molecule has 0 bridgehead atoms. The maximum atomic E-state index is 9.11. The Morgan fingerprint density at radius 1 is 1.40 bits per heavy atom. The minimum atomic E-state index is -0.759. The molecule has 0 heterocycles. The van der Waals surface area contributed by atoms with Crippen molar-refractivity contribution < 1.29 is 14.9 Å². The highest BCUT2D eigenvalue weighted by Crippen LogP contribution is 2.09. The van der Waals surface area contributed by atoms with E-state index in [1.807, 2.05) is 13.8 Å². The van der Waals surface area contributed by atoms with Gasteiger partial charge in [-0.15, -0.1) is 0 Å². The van der Waals surface area contributed by atoms with E-state index >= 15 is 0 Å². The van der Waals surface area contributed by atoms with E-state index in [1.165, 1.54) is 7.11 Å². The third-order valence-corrected chi connectivity index (χ3v) is 1.50. The average molecular weight is 148 g/mol. The van der Waals surface area contributed by atoms with Crippen molar-refractivity contribution in [2.45, 2.75) is 26.1 Å². The van der Waals surface area contributed by atoms with Crippen LogP contribution < -0.4 is 0 Å². The molecule has 0 aliphatic rings.